The molecule has 1 fully saturated rings. The van der Waals surface area contributed by atoms with Crippen molar-refractivity contribution in [2.24, 2.45) is 0 Å². The molecule has 0 aromatic rings. The van der Waals surface area contributed by atoms with Gasteiger partial charge in [-0.3, -0.25) is 9.80 Å². The highest BCUT2D eigenvalue weighted by molar-refractivity contribution is 4.82. The van der Waals surface area contributed by atoms with Crippen LogP contribution < -0.4 is 5.32 Å². The van der Waals surface area contributed by atoms with Gasteiger partial charge in [0, 0.05) is 39.3 Å². The van der Waals surface area contributed by atoms with Gasteiger partial charge in [0.15, 0.2) is 0 Å². The van der Waals surface area contributed by atoms with Crippen molar-refractivity contribution in [1.29, 1.82) is 0 Å². The number of aliphatic hydroxyl groups is 1. The van der Waals surface area contributed by atoms with Gasteiger partial charge in [0.2, 0.25) is 0 Å². The quantitative estimate of drug-likeness (QED) is 0.611. The van der Waals surface area contributed by atoms with E-state index in [0.717, 1.165) is 52.2 Å². The molecule has 0 aliphatic carbocycles. The van der Waals surface area contributed by atoms with Crippen LogP contribution >= 0.6 is 0 Å². The van der Waals surface area contributed by atoms with E-state index in [9.17, 15) is 5.11 Å². The van der Waals surface area contributed by atoms with Crippen molar-refractivity contribution in [2.75, 3.05) is 52.4 Å². The molecule has 0 saturated carbocycles. The summed E-state index contributed by atoms with van der Waals surface area (Å²) in [6.45, 7) is 14.7. The van der Waals surface area contributed by atoms with Crippen LogP contribution in [0.2, 0.25) is 0 Å². The Balaban J connectivity index is 2.30. The Hall–Kier alpha value is -0.680. The molecule has 104 valence electrons. The summed E-state index contributed by atoms with van der Waals surface area (Å²) in [5.41, 5.74) is 0. The van der Waals surface area contributed by atoms with Crippen LogP contribution in [0, 0.1) is 0 Å². The van der Waals surface area contributed by atoms with Crippen LogP contribution in [0.3, 0.4) is 0 Å². The molecule has 0 amide bonds. The average molecular weight is 253 g/mol. The van der Waals surface area contributed by atoms with Gasteiger partial charge >= 0.3 is 0 Å². The minimum atomic E-state index is -0.303. The lowest BCUT2D eigenvalue weighted by molar-refractivity contribution is 0.0833. The van der Waals surface area contributed by atoms with Crippen LogP contribution in [0.15, 0.2) is 25.3 Å². The minimum absolute atomic E-state index is 0.303. The highest BCUT2D eigenvalue weighted by atomic mass is 16.3. The normalized spacial score (nSPS) is 19.4. The number of hydrogen-bond acceptors (Lipinski definition) is 4. The third kappa shape index (κ3) is 6.31. The minimum Gasteiger partial charge on any atom is -0.390 e. The Kier molecular flexibility index (Phi) is 7.93. The Morgan fingerprint density at radius 1 is 1.22 bits per heavy atom. The lowest BCUT2D eigenvalue weighted by atomic mass is 10.2. The monoisotopic (exact) mass is 253 g/mol. The lowest BCUT2D eigenvalue weighted by Crippen LogP contribution is -2.41. The zero-order valence-corrected chi connectivity index (χ0v) is 11.4. The van der Waals surface area contributed by atoms with E-state index in [1.54, 1.807) is 0 Å². The first-order valence-electron chi connectivity index (χ1n) is 6.81. The molecule has 4 nitrogen and oxygen atoms in total. The molecule has 1 unspecified atom stereocenters. The molecule has 18 heavy (non-hydrogen) atoms. The van der Waals surface area contributed by atoms with Gasteiger partial charge in [0.05, 0.1) is 6.10 Å². The average Bonchev–Trinajstić information content (AvgIpc) is 2.58. The Labute approximate surface area is 111 Å². The number of nitrogens with zero attached hydrogens (tertiary/aromatic N) is 2. The molecule has 1 heterocycles. The van der Waals surface area contributed by atoms with E-state index in [2.05, 4.69) is 28.3 Å². The zero-order chi connectivity index (χ0) is 13.2. The zero-order valence-electron chi connectivity index (χ0n) is 11.4. The second-order valence-corrected chi connectivity index (χ2v) is 4.85. The van der Waals surface area contributed by atoms with E-state index in [1.807, 2.05) is 12.2 Å². The topological polar surface area (TPSA) is 38.7 Å². The van der Waals surface area contributed by atoms with Gasteiger partial charge in [-0.25, -0.2) is 0 Å². The summed E-state index contributed by atoms with van der Waals surface area (Å²) in [7, 11) is 0. The van der Waals surface area contributed by atoms with Crippen molar-refractivity contribution >= 4 is 0 Å². The molecule has 1 atom stereocenters. The van der Waals surface area contributed by atoms with E-state index in [4.69, 9.17) is 0 Å². The molecule has 1 rings (SSSR count). The van der Waals surface area contributed by atoms with Crippen LogP contribution in [-0.2, 0) is 0 Å². The predicted octanol–water partition coefficient (Wildman–Crippen LogP) is 0.317. The van der Waals surface area contributed by atoms with Crippen LogP contribution in [-0.4, -0.2) is 73.4 Å². The van der Waals surface area contributed by atoms with Gasteiger partial charge in [-0.1, -0.05) is 12.2 Å². The lowest BCUT2D eigenvalue weighted by Gasteiger charge is -2.27. The third-order valence-corrected chi connectivity index (χ3v) is 3.15. The van der Waals surface area contributed by atoms with Crippen LogP contribution in [0.5, 0.6) is 0 Å². The Bertz CT molecular complexity index is 227. The number of nitrogens with one attached hydrogen (secondary N) is 1. The van der Waals surface area contributed by atoms with Crippen molar-refractivity contribution in [3.05, 3.63) is 25.3 Å². The SMILES string of the molecule is C=CCN(CC=C)CC(O)CN1CCCNCC1. The van der Waals surface area contributed by atoms with Gasteiger partial charge in [-0.2, -0.15) is 0 Å². The Morgan fingerprint density at radius 2 is 1.94 bits per heavy atom. The first-order valence-corrected chi connectivity index (χ1v) is 6.81. The summed E-state index contributed by atoms with van der Waals surface area (Å²) < 4.78 is 0. The van der Waals surface area contributed by atoms with Crippen LogP contribution in [0.1, 0.15) is 6.42 Å². The van der Waals surface area contributed by atoms with E-state index < -0.39 is 0 Å². The highest BCUT2D eigenvalue weighted by Gasteiger charge is 2.15. The second-order valence-electron chi connectivity index (χ2n) is 4.85. The smallest absolute Gasteiger partial charge is 0.0794 e. The third-order valence-electron chi connectivity index (χ3n) is 3.15. The molecule has 0 aromatic heterocycles. The van der Waals surface area contributed by atoms with Gasteiger partial charge in [0.1, 0.15) is 0 Å². The molecule has 0 aromatic carbocycles. The molecule has 1 saturated heterocycles. The highest BCUT2D eigenvalue weighted by Crippen LogP contribution is 2.00. The standard InChI is InChI=1S/C14H27N3O/c1-3-8-16(9-4-2)12-14(18)13-17-10-5-6-15-7-11-17/h3-4,14-15,18H,1-2,5-13H2. The maximum Gasteiger partial charge on any atom is 0.0794 e. The van der Waals surface area contributed by atoms with E-state index >= 15 is 0 Å². The number of aliphatic hydroxyl groups excluding tert-OH is 1. The predicted molar refractivity (Wildman–Crippen MR) is 76.8 cm³/mol. The molecular formula is C14H27N3O. The van der Waals surface area contributed by atoms with Crippen molar-refractivity contribution in [1.82, 2.24) is 15.1 Å². The van der Waals surface area contributed by atoms with Gasteiger partial charge in [-0.15, -0.1) is 13.2 Å². The maximum absolute atomic E-state index is 10.1. The van der Waals surface area contributed by atoms with E-state index in [-0.39, 0.29) is 6.10 Å². The van der Waals surface area contributed by atoms with Gasteiger partial charge < -0.3 is 10.4 Å². The molecule has 1 aliphatic heterocycles. The van der Waals surface area contributed by atoms with Gasteiger partial charge in [0.25, 0.3) is 0 Å². The fraction of sp³-hybridized carbons (Fsp3) is 0.714. The molecular weight excluding hydrogens is 226 g/mol. The van der Waals surface area contributed by atoms with Crippen molar-refractivity contribution in [2.45, 2.75) is 12.5 Å². The molecule has 0 radical (unpaired) electrons. The largest absolute Gasteiger partial charge is 0.390 e. The first kappa shape index (κ1) is 15.4. The van der Waals surface area contributed by atoms with Crippen molar-refractivity contribution < 1.29 is 5.11 Å². The van der Waals surface area contributed by atoms with Crippen molar-refractivity contribution in [3.8, 4) is 0 Å². The molecule has 4 heteroatoms. The van der Waals surface area contributed by atoms with Crippen LogP contribution in [0.25, 0.3) is 0 Å². The van der Waals surface area contributed by atoms with Gasteiger partial charge in [-0.05, 0) is 19.5 Å². The summed E-state index contributed by atoms with van der Waals surface area (Å²) in [6, 6.07) is 0. The number of hydrogen-bond donors (Lipinski definition) is 2. The first-order chi connectivity index (χ1) is 8.76. The summed E-state index contributed by atoms with van der Waals surface area (Å²) in [5.74, 6) is 0. The fourth-order valence-corrected chi connectivity index (χ4v) is 2.33. The molecule has 1 aliphatic rings. The maximum atomic E-state index is 10.1. The van der Waals surface area contributed by atoms with E-state index in [0.29, 0.717) is 6.54 Å². The fourth-order valence-electron chi connectivity index (χ4n) is 2.33. The van der Waals surface area contributed by atoms with Crippen LogP contribution in [0.4, 0.5) is 0 Å². The molecule has 0 bridgehead atoms. The van der Waals surface area contributed by atoms with E-state index in [1.165, 1.54) is 0 Å². The molecule has 0 spiro atoms. The number of β-amino-alcohol motifs (C(OH)–C–C–N with tert-alkyl or cyclic N) is 1. The Morgan fingerprint density at radius 3 is 2.61 bits per heavy atom. The van der Waals surface area contributed by atoms with Crippen molar-refractivity contribution in [3.63, 3.8) is 0 Å². The summed E-state index contributed by atoms with van der Waals surface area (Å²) in [6.07, 6.45) is 4.59. The molecule has 2 N–H and O–H groups in total. The number of rotatable bonds is 8. The summed E-state index contributed by atoms with van der Waals surface area (Å²) in [5, 5.41) is 13.5. The second kappa shape index (κ2) is 9.28. The summed E-state index contributed by atoms with van der Waals surface area (Å²) in [4.78, 5) is 4.49. The summed E-state index contributed by atoms with van der Waals surface area (Å²) >= 11 is 0.